The van der Waals surface area contributed by atoms with E-state index in [0.717, 1.165) is 38.8 Å². The van der Waals surface area contributed by atoms with Crippen molar-refractivity contribution in [3.05, 3.63) is 75.5 Å². The smallest absolute Gasteiger partial charge is 0.223 e. The largest absolute Gasteiger partial charge is 0.507 e. The lowest BCUT2D eigenvalue weighted by atomic mass is 9.95. The molecule has 5 nitrogen and oxygen atoms in total. The molecule has 6 heteroatoms. The van der Waals surface area contributed by atoms with Gasteiger partial charge in [-0.2, -0.15) is 5.10 Å². The second-order valence-electron chi connectivity index (χ2n) is 7.03. The zero-order chi connectivity index (χ0) is 19.3. The zero-order valence-electron chi connectivity index (χ0n) is 15.6. The number of para-hydroxylation sites is 1. The van der Waals surface area contributed by atoms with Gasteiger partial charge in [0.2, 0.25) is 6.23 Å². The lowest BCUT2D eigenvalue weighted by Crippen LogP contribution is -2.33. The molecule has 3 heterocycles. The van der Waals surface area contributed by atoms with Crippen molar-refractivity contribution >= 4 is 17.0 Å². The number of phenolic OH excluding ortho intramolecular Hbond substituents is 1. The molecule has 0 aliphatic carbocycles. The van der Waals surface area contributed by atoms with Crippen molar-refractivity contribution in [1.29, 1.82) is 0 Å². The summed E-state index contributed by atoms with van der Waals surface area (Å²) in [7, 11) is 1.66. The van der Waals surface area contributed by atoms with Gasteiger partial charge in [0, 0.05) is 17.5 Å². The van der Waals surface area contributed by atoms with E-state index < -0.39 is 0 Å². The van der Waals surface area contributed by atoms with Crippen LogP contribution in [0.25, 0.3) is 0 Å². The monoisotopic (exact) mass is 392 g/mol. The molecule has 0 bridgehead atoms. The number of benzene rings is 2. The van der Waals surface area contributed by atoms with E-state index in [4.69, 9.17) is 14.6 Å². The van der Waals surface area contributed by atoms with E-state index in [1.54, 1.807) is 24.5 Å². The second kappa shape index (κ2) is 6.56. The Morgan fingerprint density at radius 2 is 2.11 bits per heavy atom. The van der Waals surface area contributed by atoms with Crippen LogP contribution in [0.3, 0.4) is 0 Å². The van der Waals surface area contributed by atoms with Crippen molar-refractivity contribution in [2.45, 2.75) is 25.6 Å². The molecule has 0 amide bonds. The normalized spacial score (nSPS) is 20.2. The molecule has 5 rings (SSSR count). The quantitative estimate of drug-likeness (QED) is 0.680. The summed E-state index contributed by atoms with van der Waals surface area (Å²) in [6.07, 6.45) is 0.376. The molecular formula is C22H20N2O3S. The Labute approximate surface area is 167 Å². The Morgan fingerprint density at radius 3 is 2.89 bits per heavy atom. The van der Waals surface area contributed by atoms with Crippen molar-refractivity contribution in [3.63, 3.8) is 0 Å². The molecule has 142 valence electrons. The molecule has 2 aliphatic heterocycles. The van der Waals surface area contributed by atoms with E-state index in [-0.39, 0.29) is 18.0 Å². The van der Waals surface area contributed by atoms with Crippen molar-refractivity contribution < 1.29 is 14.6 Å². The van der Waals surface area contributed by atoms with Gasteiger partial charge in [-0.3, -0.25) is 0 Å². The van der Waals surface area contributed by atoms with Gasteiger partial charge in [-0.1, -0.05) is 29.8 Å². The van der Waals surface area contributed by atoms with E-state index in [9.17, 15) is 5.11 Å². The van der Waals surface area contributed by atoms with Crippen LogP contribution < -0.4 is 9.47 Å². The first-order valence-electron chi connectivity index (χ1n) is 9.18. The number of methoxy groups -OCH3 is 1. The van der Waals surface area contributed by atoms with Gasteiger partial charge >= 0.3 is 0 Å². The number of thiophene rings is 1. The topological polar surface area (TPSA) is 54.3 Å². The number of aromatic hydroxyl groups is 1. The van der Waals surface area contributed by atoms with E-state index >= 15 is 0 Å². The molecule has 0 spiro atoms. The third kappa shape index (κ3) is 2.64. The number of phenols is 1. The summed E-state index contributed by atoms with van der Waals surface area (Å²) in [5.74, 6) is 1.75. The van der Waals surface area contributed by atoms with Crippen LogP contribution in [0.4, 0.5) is 0 Å². The molecule has 28 heavy (non-hydrogen) atoms. The van der Waals surface area contributed by atoms with Crippen molar-refractivity contribution in [3.8, 4) is 17.2 Å². The third-order valence-corrected chi connectivity index (χ3v) is 6.15. The number of fused-ring (bicyclic) bond motifs is 3. The minimum absolute atomic E-state index is 0.0286. The Bertz CT molecular complexity index is 1060. The molecule has 2 aromatic carbocycles. The molecule has 0 fully saturated rings. The average Bonchev–Trinajstić information content (AvgIpc) is 3.39. The van der Waals surface area contributed by atoms with Crippen LogP contribution in [0.1, 0.15) is 40.3 Å². The maximum Gasteiger partial charge on any atom is 0.223 e. The number of ether oxygens (including phenoxy) is 2. The molecule has 2 atom stereocenters. The molecule has 1 aromatic heterocycles. The summed E-state index contributed by atoms with van der Waals surface area (Å²) in [4.78, 5) is 1.08. The highest BCUT2D eigenvalue weighted by Gasteiger charge is 2.42. The van der Waals surface area contributed by atoms with Crippen molar-refractivity contribution in [2.24, 2.45) is 5.10 Å². The maximum atomic E-state index is 10.4. The number of aryl methyl sites for hydroxylation is 1. The van der Waals surface area contributed by atoms with Gasteiger partial charge in [0.05, 0.1) is 23.7 Å². The molecular weight excluding hydrogens is 372 g/mol. The van der Waals surface area contributed by atoms with Gasteiger partial charge in [0.25, 0.3) is 0 Å². The Morgan fingerprint density at radius 1 is 1.21 bits per heavy atom. The summed E-state index contributed by atoms with van der Waals surface area (Å²) in [5, 5.41) is 19.4. The average molecular weight is 392 g/mol. The van der Waals surface area contributed by atoms with Crippen LogP contribution in [0.15, 0.2) is 59.0 Å². The first kappa shape index (κ1) is 17.1. The summed E-state index contributed by atoms with van der Waals surface area (Å²) in [6.45, 7) is 2.02. The van der Waals surface area contributed by atoms with Gasteiger partial charge in [-0.25, -0.2) is 5.01 Å². The number of hydrogen-bond acceptors (Lipinski definition) is 6. The zero-order valence-corrected chi connectivity index (χ0v) is 16.4. The summed E-state index contributed by atoms with van der Waals surface area (Å²) in [5.41, 5.74) is 3.79. The molecule has 3 aromatic rings. The Balaban J connectivity index is 1.64. The minimum Gasteiger partial charge on any atom is -0.507 e. The highest BCUT2D eigenvalue weighted by Crippen LogP contribution is 2.51. The van der Waals surface area contributed by atoms with Crippen LogP contribution in [-0.2, 0) is 0 Å². The van der Waals surface area contributed by atoms with Crippen LogP contribution >= 0.6 is 11.3 Å². The van der Waals surface area contributed by atoms with E-state index in [1.165, 1.54) is 0 Å². The SMILES string of the molecule is COc1cccc2c1O[C@H](c1cccs1)N1N=C(c3cc(C)ccc3O)C[C@H]21. The predicted molar refractivity (Wildman–Crippen MR) is 109 cm³/mol. The number of nitrogens with zero attached hydrogens (tertiary/aromatic N) is 2. The van der Waals surface area contributed by atoms with Crippen LogP contribution in [-0.4, -0.2) is 22.9 Å². The number of hydrogen-bond donors (Lipinski definition) is 1. The summed E-state index contributed by atoms with van der Waals surface area (Å²) >= 11 is 1.64. The van der Waals surface area contributed by atoms with Gasteiger partial charge in [0.1, 0.15) is 5.75 Å². The van der Waals surface area contributed by atoms with E-state index in [1.807, 2.05) is 47.6 Å². The number of hydrazone groups is 1. The molecule has 0 saturated carbocycles. The van der Waals surface area contributed by atoms with Gasteiger partial charge < -0.3 is 14.6 Å². The fraction of sp³-hybridized carbons (Fsp3) is 0.227. The van der Waals surface area contributed by atoms with Gasteiger partial charge in [-0.05, 0) is 36.6 Å². The predicted octanol–water partition coefficient (Wildman–Crippen LogP) is 5.01. The van der Waals surface area contributed by atoms with Crippen LogP contribution in [0, 0.1) is 6.92 Å². The molecule has 0 radical (unpaired) electrons. The second-order valence-corrected chi connectivity index (χ2v) is 8.01. The highest BCUT2D eigenvalue weighted by molar-refractivity contribution is 7.10. The third-order valence-electron chi connectivity index (χ3n) is 5.25. The van der Waals surface area contributed by atoms with Crippen molar-refractivity contribution in [2.75, 3.05) is 7.11 Å². The van der Waals surface area contributed by atoms with Crippen LogP contribution in [0.2, 0.25) is 0 Å². The molecule has 0 saturated heterocycles. The molecule has 1 N–H and O–H groups in total. The first-order valence-corrected chi connectivity index (χ1v) is 10.1. The number of rotatable bonds is 3. The van der Waals surface area contributed by atoms with E-state index in [0.29, 0.717) is 6.42 Å². The van der Waals surface area contributed by atoms with Crippen LogP contribution in [0.5, 0.6) is 17.2 Å². The Hall–Kier alpha value is -2.99. The lowest BCUT2D eigenvalue weighted by molar-refractivity contribution is -0.0184. The maximum absolute atomic E-state index is 10.4. The molecule has 2 aliphatic rings. The van der Waals surface area contributed by atoms with Gasteiger partial charge in [0.15, 0.2) is 11.5 Å². The van der Waals surface area contributed by atoms with Crippen molar-refractivity contribution in [1.82, 2.24) is 5.01 Å². The first-order chi connectivity index (χ1) is 13.7. The van der Waals surface area contributed by atoms with E-state index in [2.05, 4.69) is 12.1 Å². The fourth-order valence-corrected chi connectivity index (χ4v) is 4.65. The highest BCUT2D eigenvalue weighted by atomic mass is 32.1. The summed E-state index contributed by atoms with van der Waals surface area (Å²) < 4.78 is 11.9. The summed E-state index contributed by atoms with van der Waals surface area (Å²) in [6, 6.07) is 15.7. The minimum atomic E-state index is -0.321. The Kier molecular flexibility index (Phi) is 4.02. The molecule has 0 unspecified atom stereocenters. The lowest BCUT2D eigenvalue weighted by Gasteiger charge is -2.38. The standard InChI is InChI=1S/C22H20N2O3S/c1-13-8-9-18(25)15(11-13)16-12-17-14-5-3-6-19(26-2)21(14)27-22(24(17)23-16)20-7-4-10-28-20/h3-11,17,22,25H,12H2,1-2H3/t17-,22-/m1/s1. The van der Waals surface area contributed by atoms with Gasteiger partial charge in [-0.15, -0.1) is 11.3 Å². The fourth-order valence-electron chi connectivity index (χ4n) is 3.91.